The lowest BCUT2D eigenvalue weighted by atomic mass is 10.1. The summed E-state index contributed by atoms with van der Waals surface area (Å²) in [5, 5.41) is 0. The number of carbonyl (C=O) groups excluding carboxylic acids is 2. The molecule has 0 aliphatic rings. The van der Waals surface area contributed by atoms with Gasteiger partial charge in [0.1, 0.15) is 0 Å². The number of rotatable bonds is 7. The van der Waals surface area contributed by atoms with Gasteiger partial charge in [0.05, 0.1) is 19.6 Å². The van der Waals surface area contributed by atoms with Crippen LogP contribution in [0.15, 0.2) is 24.3 Å². The molecule has 1 aromatic rings. The summed E-state index contributed by atoms with van der Waals surface area (Å²) in [6.45, 7) is 4.40. The standard InChI is InChI=1S/C15H20O4/c1-3-18-14(16)10-9-12-5-7-13(8-6-12)11-15(17)19-4-2/h5-8H,3-4,9-11H2,1-2H3. The third-order valence-electron chi connectivity index (χ3n) is 2.60. The lowest BCUT2D eigenvalue weighted by Crippen LogP contribution is -2.07. The molecule has 0 saturated heterocycles. The van der Waals surface area contributed by atoms with Gasteiger partial charge in [0, 0.05) is 6.42 Å². The molecular weight excluding hydrogens is 244 g/mol. The van der Waals surface area contributed by atoms with Gasteiger partial charge in [-0.3, -0.25) is 9.59 Å². The summed E-state index contributed by atoms with van der Waals surface area (Å²) in [6.07, 6.45) is 1.32. The number of hydrogen-bond donors (Lipinski definition) is 0. The van der Waals surface area contributed by atoms with Gasteiger partial charge in [-0.15, -0.1) is 0 Å². The molecule has 0 bridgehead atoms. The molecule has 0 spiro atoms. The zero-order valence-corrected chi connectivity index (χ0v) is 11.5. The molecule has 0 N–H and O–H groups in total. The van der Waals surface area contributed by atoms with Gasteiger partial charge in [0.25, 0.3) is 0 Å². The van der Waals surface area contributed by atoms with Gasteiger partial charge in [0.2, 0.25) is 0 Å². The molecule has 0 amide bonds. The number of hydrogen-bond acceptors (Lipinski definition) is 4. The third kappa shape index (κ3) is 6.04. The smallest absolute Gasteiger partial charge is 0.310 e. The van der Waals surface area contributed by atoms with Crippen molar-refractivity contribution in [3.63, 3.8) is 0 Å². The summed E-state index contributed by atoms with van der Waals surface area (Å²) in [4.78, 5) is 22.5. The van der Waals surface area contributed by atoms with E-state index in [2.05, 4.69) is 0 Å². The largest absolute Gasteiger partial charge is 0.466 e. The summed E-state index contributed by atoms with van der Waals surface area (Å²) in [5.74, 6) is -0.403. The van der Waals surface area contributed by atoms with Crippen LogP contribution in [-0.4, -0.2) is 25.2 Å². The zero-order chi connectivity index (χ0) is 14.1. The van der Waals surface area contributed by atoms with Crippen LogP contribution in [0.3, 0.4) is 0 Å². The maximum absolute atomic E-state index is 11.3. The molecule has 0 aliphatic heterocycles. The Hall–Kier alpha value is -1.84. The van der Waals surface area contributed by atoms with Crippen LogP contribution >= 0.6 is 0 Å². The Morgan fingerprint density at radius 1 is 0.895 bits per heavy atom. The first-order chi connectivity index (χ1) is 9.15. The first-order valence-corrected chi connectivity index (χ1v) is 6.54. The number of benzene rings is 1. The Morgan fingerprint density at radius 3 is 2.00 bits per heavy atom. The van der Waals surface area contributed by atoms with E-state index in [1.54, 1.807) is 13.8 Å². The van der Waals surface area contributed by atoms with E-state index < -0.39 is 0 Å². The van der Waals surface area contributed by atoms with Gasteiger partial charge in [0.15, 0.2) is 0 Å². The van der Waals surface area contributed by atoms with Crippen molar-refractivity contribution in [2.75, 3.05) is 13.2 Å². The molecule has 0 saturated carbocycles. The van der Waals surface area contributed by atoms with Crippen LogP contribution in [0, 0.1) is 0 Å². The van der Waals surface area contributed by atoms with E-state index in [1.807, 2.05) is 24.3 Å². The molecule has 1 aromatic carbocycles. The van der Waals surface area contributed by atoms with Gasteiger partial charge in [-0.05, 0) is 31.4 Å². The molecule has 0 aromatic heterocycles. The Balaban J connectivity index is 2.43. The van der Waals surface area contributed by atoms with Gasteiger partial charge in [-0.2, -0.15) is 0 Å². The minimum Gasteiger partial charge on any atom is -0.466 e. The average Bonchev–Trinajstić information content (AvgIpc) is 2.38. The Labute approximate surface area is 113 Å². The second-order valence-corrected chi connectivity index (χ2v) is 4.10. The highest BCUT2D eigenvalue weighted by atomic mass is 16.5. The Morgan fingerprint density at radius 2 is 1.42 bits per heavy atom. The highest BCUT2D eigenvalue weighted by molar-refractivity contribution is 5.72. The fourth-order valence-corrected chi connectivity index (χ4v) is 1.68. The maximum atomic E-state index is 11.3. The van der Waals surface area contributed by atoms with Crippen molar-refractivity contribution >= 4 is 11.9 Å². The van der Waals surface area contributed by atoms with E-state index in [9.17, 15) is 9.59 Å². The third-order valence-corrected chi connectivity index (χ3v) is 2.60. The van der Waals surface area contributed by atoms with Crippen molar-refractivity contribution in [3.8, 4) is 0 Å². The van der Waals surface area contributed by atoms with E-state index in [1.165, 1.54) is 0 Å². The average molecular weight is 264 g/mol. The van der Waals surface area contributed by atoms with Crippen molar-refractivity contribution < 1.29 is 19.1 Å². The lowest BCUT2D eigenvalue weighted by molar-refractivity contribution is -0.143. The Bertz CT molecular complexity index is 409. The zero-order valence-electron chi connectivity index (χ0n) is 11.5. The minimum atomic E-state index is -0.221. The predicted octanol–water partition coefficient (Wildman–Crippen LogP) is 2.29. The second kappa shape index (κ2) is 8.29. The highest BCUT2D eigenvalue weighted by Crippen LogP contribution is 2.08. The van der Waals surface area contributed by atoms with Crippen LogP contribution in [0.2, 0.25) is 0 Å². The molecular formula is C15H20O4. The van der Waals surface area contributed by atoms with Crippen molar-refractivity contribution in [3.05, 3.63) is 35.4 Å². The fourth-order valence-electron chi connectivity index (χ4n) is 1.68. The molecule has 19 heavy (non-hydrogen) atoms. The summed E-state index contributed by atoms with van der Waals surface area (Å²) in [7, 11) is 0. The van der Waals surface area contributed by atoms with Crippen molar-refractivity contribution in [2.45, 2.75) is 33.1 Å². The van der Waals surface area contributed by atoms with Crippen LogP contribution in [0.25, 0.3) is 0 Å². The normalized spacial score (nSPS) is 10.0. The molecule has 0 fully saturated rings. The Kier molecular flexibility index (Phi) is 6.64. The first kappa shape index (κ1) is 15.2. The van der Waals surface area contributed by atoms with E-state index in [0.29, 0.717) is 26.1 Å². The second-order valence-electron chi connectivity index (χ2n) is 4.10. The molecule has 4 heteroatoms. The van der Waals surface area contributed by atoms with Crippen molar-refractivity contribution in [1.82, 2.24) is 0 Å². The van der Waals surface area contributed by atoms with Gasteiger partial charge >= 0.3 is 11.9 Å². The number of ether oxygens (including phenoxy) is 2. The van der Waals surface area contributed by atoms with Gasteiger partial charge in [-0.1, -0.05) is 24.3 Å². The van der Waals surface area contributed by atoms with Crippen LogP contribution < -0.4 is 0 Å². The number of carbonyl (C=O) groups is 2. The first-order valence-electron chi connectivity index (χ1n) is 6.54. The molecule has 0 heterocycles. The van der Waals surface area contributed by atoms with Crippen LogP contribution in [0.1, 0.15) is 31.4 Å². The topological polar surface area (TPSA) is 52.6 Å². The predicted molar refractivity (Wildman–Crippen MR) is 71.7 cm³/mol. The van der Waals surface area contributed by atoms with Gasteiger partial charge in [-0.25, -0.2) is 0 Å². The van der Waals surface area contributed by atoms with E-state index >= 15 is 0 Å². The van der Waals surface area contributed by atoms with Gasteiger partial charge < -0.3 is 9.47 Å². The fraction of sp³-hybridized carbons (Fsp3) is 0.467. The summed E-state index contributed by atoms with van der Waals surface area (Å²) >= 11 is 0. The quantitative estimate of drug-likeness (QED) is 0.709. The summed E-state index contributed by atoms with van der Waals surface area (Å²) < 4.78 is 9.75. The molecule has 4 nitrogen and oxygen atoms in total. The molecule has 0 atom stereocenters. The number of esters is 2. The van der Waals surface area contributed by atoms with Crippen molar-refractivity contribution in [2.24, 2.45) is 0 Å². The van der Waals surface area contributed by atoms with Crippen LogP contribution in [0.4, 0.5) is 0 Å². The van der Waals surface area contributed by atoms with E-state index in [4.69, 9.17) is 9.47 Å². The molecule has 0 aliphatic carbocycles. The van der Waals surface area contributed by atoms with E-state index in [-0.39, 0.29) is 18.4 Å². The lowest BCUT2D eigenvalue weighted by Gasteiger charge is -2.05. The van der Waals surface area contributed by atoms with E-state index in [0.717, 1.165) is 11.1 Å². The number of aryl methyl sites for hydroxylation is 1. The monoisotopic (exact) mass is 264 g/mol. The minimum absolute atomic E-state index is 0.182. The van der Waals surface area contributed by atoms with Crippen LogP contribution in [0.5, 0.6) is 0 Å². The molecule has 1 rings (SSSR count). The molecule has 104 valence electrons. The molecule has 0 radical (unpaired) electrons. The maximum Gasteiger partial charge on any atom is 0.310 e. The van der Waals surface area contributed by atoms with Crippen molar-refractivity contribution in [1.29, 1.82) is 0 Å². The SMILES string of the molecule is CCOC(=O)CCc1ccc(CC(=O)OCC)cc1. The molecule has 0 unspecified atom stereocenters. The van der Waals surface area contributed by atoms with Crippen LogP contribution in [-0.2, 0) is 31.9 Å². The summed E-state index contributed by atoms with van der Waals surface area (Å²) in [5.41, 5.74) is 1.97. The highest BCUT2D eigenvalue weighted by Gasteiger charge is 2.05. The summed E-state index contributed by atoms with van der Waals surface area (Å²) in [6, 6.07) is 7.62.